The molecule has 0 saturated carbocycles. The number of anilines is 5. The van der Waals surface area contributed by atoms with Crippen LogP contribution in [0.4, 0.5) is 29.1 Å². The van der Waals surface area contributed by atoms with Crippen LogP contribution in [0.1, 0.15) is 13.8 Å². The van der Waals surface area contributed by atoms with Crippen molar-refractivity contribution in [3.05, 3.63) is 24.3 Å². The number of nitrogens with zero attached hydrogens (tertiary/aromatic N) is 4. The standard InChI is InChI=1S/C24H26N8O5S/c1-24(2)22(33)28-18-12(37-24)7-8-15(26-18)27-19-16-20(31-32-21(16)38-6)30-23(29-19)25-11-9-13(34-3)17(36-5)14(10-11)35-4/h7-10H,1-6H3,(H4,25,26,27,28,29,30,31,32,33). The van der Waals surface area contributed by atoms with E-state index >= 15 is 0 Å². The van der Waals surface area contributed by atoms with Crippen LogP contribution in [-0.4, -0.2) is 64.2 Å². The van der Waals surface area contributed by atoms with Crippen LogP contribution in [0.2, 0.25) is 0 Å². The van der Waals surface area contributed by atoms with Gasteiger partial charge in [-0.05, 0) is 32.2 Å². The highest BCUT2D eigenvalue weighted by molar-refractivity contribution is 7.98. The van der Waals surface area contributed by atoms with Gasteiger partial charge in [0.25, 0.3) is 5.91 Å². The molecule has 0 bridgehead atoms. The Bertz CT molecular complexity index is 1520. The van der Waals surface area contributed by atoms with Crippen molar-refractivity contribution in [1.29, 1.82) is 0 Å². The van der Waals surface area contributed by atoms with Crippen LogP contribution in [-0.2, 0) is 4.79 Å². The first-order valence-corrected chi connectivity index (χ1v) is 12.6. The largest absolute Gasteiger partial charge is 0.493 e. The van der Waals surface area contributed by atoms with Crippen molar-refractivity contribution in [2.24, 2.45) is 0 Å². The van der Waals surface area contributed by atoms with Crippen molar-refractivity contribution in [3.8, 4) is 23.0 Å². The minimum atomic E-state index is -0.986. The number of carbonyl (C=O) groups excluding carboxylic acids is 1. The van der Waals surface area contributed by atoms with Crippen molar-refractivity contribution in [1.82, 2.24) is 25.1 Å². The van der Waals surface area contributed by atoms with Gasteiger partial charge in [-0.3, -0.25) is 9.89 Å². The number of carbonyl (C=O) groups is 1. The van der Waals surface area contributed by atoms with Gasteiger partial charge < -0.3 is 34.9 Å². The number of amides is 1. The maximum absolute atomic E-state index is 12.4. The second-order valence-electron chi connectivity index (χ2n) is 8.63. The quantitative estimate of drug-likeness (QED) is 0.239. The van der Waals surface area contributed by atoms with Crippen LogP contribution >= 0.6 is 11.8 Å². The molecule has 13 nitrogen and oxygen atoms in total. The summed E-state index contributed by atoms with van der Waals surface area (Å²) >= 11 is 1.45. The second kappa shape index (κ2) is 9.78. The third-order valence-corrected chi connectivity index (χ3v) is 6.43. The van der Waals surface area contributed by atoms with Crippen LogP contribution in [0.25, 0.3) is 11.0 Å². The molecule has 3 aromatic heterocycles. The van der Waals surface area contributed by atoms with E-state index in [0.29, 0.717) is 62.2 Å². The predicted molar refractivity (Wildman–Crippen MR) is 144 cm³/mol. The Hall–Kier alpha value is -4.46. The van der Waals surface area contributed by atoms with Gasteiger partial charge in [0.2, 0.25) is 11.7 Å². The molecular weight excluding hydrogens is 512 g/mol. The number of aromatic nitrogens is 5. The van der Waals surface area contributed by atoms with Gasteiger partial charge in [-0.2, -0.15) is 15.1 Å². The number of benzene rings is 1. The summed E-state index contributed by atoms with van der Waals surface area (Å²) in [4.78, 5) is 26.2. The summed E-state index contributed by atoms with van der Waals surface area (Å²) < 4.78 is 22.1. The van der Waals surface area contributed by atoms with E-state index in [9.17, 15) is 4.79 Å². The summed E-state index contributed by atoms with van der Waals surface area (Å²) in [5.74, 6) is 3.12. The smallest absolute Gasteiger partial charge is 0.269 e. The van der Waals surface area contributed by atoms with E-state index in [1.807, 2.05) is 6.26 Å². The summed E-state index contributed by atoms with van der Waals surface area (Å²) in [6, 6.07) is 6.98. The Labute approximate surface area is 222 Å². The molecule has 1 aromatic carbocycles. The lowest BCUT2D eigenvalue weighted by atomic mass is 10.1. The molecule has 1 amide bonds. The SMILES string of the molecule is COc1cc(Nc2nc(Nc3ccc4c(n3)NC(=O)C(C)(C)O4)c3c(SC)n[nH]c3n2)cc(OC)c1OC. The number of rotatable bonds is 8. The lowest BCUT2D eigenvalue weighted by molar-refractivity contribution is -0.129. The summed E-state index contributed by atoms with van der Waals surface area (Å²) in [7, 11) is 4.62. The summed E-state index contributed by atoms with van der Waals surface area (Å²) in [6.45, 7) is 3.39. The first-order valence-electron chi connectivity index (χ1n) is 11.4. The van der Waals surface area contributed by atoms with Crippen LogP contribution in [0.15, 0.2) is 29.3 Å². The van der Waals surface area contributed by atoms with E-state index in [1.165, 1.54) is 18.9 Å². The van der Waals surface area contributed by atoms with Gasteiger partial charge in [-0.25, -0.2) is 4.98 Å². The fourth-order valence-electron chi connectivity index (χ4n) is 3.87. The van der Waals surface area contributed by atoms with Crippen LogP contribution < -0.4 is 34.9 Å². The molecule has 4 N–H and O–H groups in total. The Morgan fingerprint density at radius 2 is 1.74 bits per heavy atom. The highest BCUT2D eigenvalue weighted by Gasteiger charge is 2.36. The molecular formula is C24H26N8O5S. The Morgan fingerprint density at radius 3 is 2.39 bits per heavy atom. The molecule has 0 fully saturated rings. The van der Waals surface area contributed by atoms with Crippen molar-refractivity contribution in [2.75, 3.05) is 43.5 Å². The normalized spacial score (nSPS) is 13.8. The first kappa shape index (κ1) is 25.2. The number of ether oxygens (including phenoxy) is 4. The Kier molecular flexibility index (Phi) is 6.48. The number of thioether (sulfide) groups is 1. The first-order chi connectivity index (χ1) is 18.3. The third-order valence-electron chi connectivity index (χ3n) is 5.75. The van der Waals surface area contributed by atoms with E-state index in [1.54, 1.807) is 52.3 Å². The number of methoxy groups -OCH3 is 3. The average molecular weight is 539 g/mol. The number of hydrogen-bond acceptors (Lipinski definition) is 12. The molecule has 0 atom stereocenters. The van der Waals surface area contributed by atoms with Crippen LogP contribution in [0.3, 0.4) is 0 Å². The number of aromatic amines is 1. The molecule has 0 aliphatic carbocycles. The monoisotopic (exact) mass is 538 g/mol. The summed E-state index contributed by atoms with van der Waals surface area (Å²) in [6.07, 6.45) is 1.91. The minimum absolute atomic E-state index is 0.280. The summed E-state index contributed by atoms with van der Waals surface area (Å²) in [5, 5.41) is 17.9. The maximum atomic E-state index is 12.4. The maximum Gasteiger partial charge on any atom is 0.269 e. The van der Waals surface area contributed by atoms with Gasteiger partial charge in [0.15, 0.2) is 34.3 Å². The zero-order chi connectivity index (χ0) is 27.0. The Balaban J connectivity index is 1.53. The third kappa shape index (κ3) is 4.53. The number of pyridine rings is 1. The molecule has 1 aliphatic heterocycles. The van der Waals surface area contributed by atoms with Gasteiger partial charge in [0.1, 0.15) is 16.7 Å². The van der Waals surface area contributed by atoms with E-state index in [2.05, 4.69) is 36.1 Å². The lowest BCUT2D eigenvalue weighted by Gasteiger charge is -2.30. The van der Waals surface area contributed by atoms with Gasteiger partial charge in [-0.15, -0.1) is 11.8 Å². The van der Waals surface area contributed by atoms with Gasteiger partial charge in [0.05, 0.1) is 26.7 Å². The van der Waals surface area contributed by atoms with Crippen molar-refractivity contribution < 1.29 is 23.7 Å². The molecule has 1 aliphatic rings. The van der Waals surface area contributed by atoms with E-state index in [0.717, 1.165) is 0 Å². The molecule has 14 heteroatoms. The molecule has 0 spiro atoms. The average Bonchev–Trinajstić information content (AvgIpc) is 3.32. The van der Waals surface area contributed by atoms with Crippen molar-refractivity contribution >= 4 is 57.8 Å². The molecule has 0 saturated heterocycles. The van der Waals surface area contributed by atoms with E-state index < -0.39 is 5.60 Å². The highest BCUT2D eigenvalue weighted by atomic mass is 32.2. The van der Waals surface area contributed by atoms with Crippen molar-refractivity contribution in [2.45, 2.75) is 24.5 Å². The molecule has 5 rings (SSSR count). The van der Waals surface area contributed by atoms with Gasteiger partial charge in [0, 0.05) is 17.8 Å². The fraction of sp³-hybridized carbons (Fsp3) is 0.292. The minimum Gasteiger partial charge on any atom is -0.493 e. The van der Waals surface area contributed by atoms with Crippen molar-refractivity contribution in [3.63, 3.8) is 0 Å². The van der Waals surface area contributed by atoms with Crippen LogP contribution in [0, 0.1) is 0 Å². The molecule has 38 heavy (non-hydrogen) atoms. The number of hydrogen-bond donors (Lipinski definition) is 4. The fourth-order valence-corrected chi connectivity index (χ4v) is 4.40. The number of nitrogens with one attached hydrogen (secondary N) is 4. The van der Waals surface area contributed by atoms with E-state index in [4.69, 9.17) is 23.9 Å². The highest BCUT2D eigenvalue weighted by Crippen LogP contribution is 2.41. The van der Waals surface area contributed by atoms with E-state index in [-0.39, 0.29) is 11.9 Å². The lowest BCUT2D eigenvalue weighted by Crippen LogP contribution is -2.46. The number of fused-ring (bicyclic) bond motifs is 2. The number of H-pyrrole nitrogens is 1. The zero-order valence-electron chi connectivity index (χ0n) is 21.5. The molecule has 198 valence electrons. The van der Waals surface area contributed by atoms with Gasteiger partial charge in [-0.1, -0.05) is 0 Å². The Morgan fingerprint density at radius 1 is 1.00 bits per heavy atom. The second-order valence-corrected chi connectivity index (χ2v) is 9.42. The molecule has 0 unspecified atom stereocenters. The summed E-state index contributed by atoms with van der Waals surface area (Å²) in [5.41, 5.74) is 0.141. The molecule has 0 radical (unpaired) electrons. The zero-order valence-corrected chi connectivity index (χ0v) is 22.4. The predicted octanol–water partition coefficient (Wildman–Crippen LogP) is 4.09. The van der Waals surface area contributed by atoms with Gasteiger partial charge >= 0.3 is 0 Å². The molecule has 4 heterocycles. The topological polar surface area (TPSA) is 157 Å². The van der Waals surface area contributed by atoms with Crippen LogP contribution in [0.5, 0.6) is 23.0 Å². The molecule has 4 aromatic rings.